The van der Waals surface area contributed by atoms with E-state index in [-0.39, 0.29) is 5.78 Å². The maximum Gasteiger partial charge on any atom is 0.203 e. The molecule has 0 atom stereocenters. The number of benzene rings is 3. The first-order chi connectivity index (χ1) is 17.6. The number of aromatic nitrogens is 2. The minimum atomic E-state index is -0.225. The van der Waals surface area contributed by atoms with Crippen LogP contribution in [0.3, 0.4) is 0 Å². The molecule has 0 radical (unpaired) electrons. The van der Waals surface area contributed by atoms with Gasteiger partial charge in [0.2, 0.25) is 5.75 Å². The first-order valence-corrected chi connectivity index (χ1v) is 11.3. The summed E-state index contributed by atoms with van der Waals surface area (Å²) in [5.41, 5.74) is 3.43. The van der Waals surface area contributed by atoms with E-state index < -0.39 is 0 Å². The van der Waals surface area contributed by atoms with Gasteiger partial charge in [0.1, 0.15) is 11.3 Å². The summed E-state index contributed by atoms with van der Waals surface area (Å²) < 4.78 is 24.0. The molecular formula is C29H24N2O5. The number of para-hydroxylation sites is 2. The fraction of sp³-hybridized carbons (Fsp3) is 0.103. The predicted molar refractivity (Wildman–Crippen MR) is 138 cm³/mol. The number of furan rings is 1. The number of ether oxygens (including phenoxy) is 3. The van der Waals surface area contributed by atoms with E-state index in [4.69, 9.17) is 23.7 Å². The van der Waals surface area contributed by atoms with E-state index >= 15 is 0 Å². The van der Waals surface area contributed by atoms with Crippen molar-refractivity contribution < 1.29 is 23.4 Å². The van der Waals surface area contributed by atoms with E-state index in [1.807, 2.05) is 66.9 Å². The Morgan fingerprint density at radius 3 is 2.25 bits per heavy atom. The average Bonchev–Trinajstić information content (AvgIpc) is 3.55. The summed E-state index contributed by atoms with van der Waals surface area (Å²) in [6.07, 6.45) is 5.11. The number of hydrogen-bond donors (Lipinski definition) is 0. The van der Waals surface area contributed by atoms with Crippen molar-refractivity contribution in [3.63, 3.8) is 0 Å². The quantitative estimate of drug-likeness (QED) is 0.194. The van der Waals surface area contributed by atoms with E-state index in [9.17, 15) is 4.79 Å². The molecule has 0 bridgehead atoms. The zero-order valence-electron chi connectivity index (χ0n) is 20.1. The predicted octanol–water partition coefficient (Wildman–Crippen LogP) is 6.21. The summed E-state index contributed by atoms with van der Waals surface area (Å²) in [7, 11) is 4.55. The third-order valence-corrected chi connectivity index (χ3v) is 5.79. The minimum Gasteiger partial charge on any atom is -0.493 e. The lowest BCUT2D eigenvalue weighted by molar-refractivity contribution is 0.104. The number of methoxy groups -OCH3 is 3. The number of carbonyl (C=O) groups excluding carboxylic acids is 1. The van der Waals surface area contributed by atoms with Crippen molar-refractivity contribution in [1.82, 2.24) is 9.78 Å². The highest BCUT2D eigenvalue weighted by molar-refractivity contribution is 6.08. The summed E-state index contributed by atoms with van der Waals surface area (Å²) in [5, 5.41) is 5.75. The maximum atomic E-state index is 13.1. The molecule has 180 valence electrons. The molecule has 7 heteroatoms. The Hall–Kier alpha value is -4.78. The van der Waals surface area contributed by atoms with Crippen LogP contribution in [0.15, 0.2) is 89.5 Å². The molecule has 5 aromatic rings. The van der Waals surface area contributed by atoms with Crippen molar-refractivity contribution in [2.45, 2.75) is 0 Å². The van der Waals surface area contributed by atoms with Gasteiger partial charge in [-0.3, -0.25) is 4.79 Å². The SMILES string of the molecule is COc1cc(C(=O)C=Cc2cn(-c3ccccc3)nc2-c2cc3ccccc3o2)cc(OC)c1OC. The Bertz CT molecular complexity index is 1510. The normalized spacial score (nSPS) is 11.2. The van der Waals surface area contributed by atoms with Gasteiger partial charge in [0.25, 0.3) is 0 Å². The Morgan fingerprint density at radius 2 is 1.58 bits per heavy atom. The number of allylic oxidation sites excluding steroid dienone is 1. The fourth-order valence-electron chi connectivity index (χ4n) is 4.00. The molecule has 0 unspecified atom stereocenters. The summed E-state index contributed by atoms with van der Waals surface area (Å²) in [6, 6.07) is 22.8. The van der Waals surface area contributed by atoms with Gasteiger partial charge in [-0.05, 0) is 48.6 Å². The largest absolute Gasteiger partial charge is 0.493 e. The zero-order valence-corrected chi connectivity index (χ0v) is 20.1. The van der Waals surface area contributed by atoms with E-state index in [1.165, 1.54) is 27.4 Å². The van der Waals surface area contributed by atoms with Crippen LogP contribution in [-0.4, -0.2) is 36.9 Å². The molecule has 0 aliphatic heterocycles. The number of carbonyl (C=O) groups is 1. The van der Waals surface area contributed by atoms with Crippen molar-refractivity contribution in [2.75, 3.05) is 21.3 Å². The lowest BCUT2D eigenvalue weighted by Gasteiger charge is -2.13. The van der Waals surface area contributed by atoms with E-state index in [0.717, 1.165) is 22.2 Å². The molecule has 36 heavy (non-hydrogen) atoms. The van der Waals surface area contributed by atoms with Gasteiger partial charge in [-0.15, -0.1) is 0 Å². The first kappa shape index (κ1) is 23.0. The number of hydrogen-bond acceptors (Lipinski definition) is 6. The summed E-state index contributed by atoms with van der Waals surface area (Å²) >= 11 is 0. The highest BCUT2D eigenvalue weighted by atomic mass is 16.5. The lowest BCUT2D eigenvalue weighted by atomic mass is 10.1. The Kier molecular flexibility index (Phi) is 6.28. The van der Waals surface area contributed by atoms with Crippen LogP contribution in [0.5, 0.6) is 17.2 Å². The van der Waals surface area contributed by atoms with Crippen LogP contribution >= 0.6 is 0 Å². The lowest BCUT2D eigenvalue weighted by Crippen LogP contribution is -2.00. The molecule has 0 amide bonds. The van der Waals surface area contributed by atoms with Gasteiger partial charge in [-0.25, -0.2) is 4.68 Å². The zero-order chi connectivity index (χ0) is 25.1. The van der Waals surface area contributed by atoms with Crippen LogP contribution in [0.1, 0.15) is 15.9 Å². The summed E-state index contributed by atoms with van der Waals surface area (Å²) in [5.74, 6) is 1.64. The van der Waals surface area contributed by atoms with Crippen molar-refractivity contribution in [1.29, 1.82) is 0 Å². The Balaban J connectivity index is 1.55. The van der Waals surface area contributed by atoms with Gasteiger partial charge in [-0.2, -0.15) is 5.10 Å². The molecule has 0 aliphatic carbocycles. The molecule has 0 aliphatic rings. The van der Waals surface area contributed by atoms with Crippen LogP contribution in [0.25, 0.3) is 34.2 Å². The van der Waals surface area contributed by atoms with Gasteiger partial charge >= 0.3 is 0 Å². The van der Waals surface area contributed by atoms with Crippen LogP contribution in [0.2, 0.25) is 0 Å². The summed E-state index contributed by atoms with van der Waals surface area (Å²) in [6.45, 7) is 0. The maximum absolute atomic E-state index is 13.1. The monoisotopic (exact) mass is 480 g/mol. The molecule has 2 heterocycles. The summed E-state index contributed by atoms with van der Waals surface area (Å²) in [4.78, 5) is 13.1. The number of rotatable bonds is 8. The Morgan fingerprint density at radius 1 is 0.889 bits per heavy atom. The van der Waals surface area contributed by atoms with Crippen LogP contribution in [0.4, 0.5) is 0 Å². The molecule has 0 fully saturated rings. The fourth-order valence-corrected chi connectivity index (χ4v) is 4.00. The topological polar surface area (TPSA) is 75.7 Å². The van der Waals surface area contributed by atoms with Crippen LogP contribution in [-0.2, 0) is 0 Å². The van der Waals surface area contributed by atoms with Crippen LogP contribution < -0.4 is 14.2 Å². The highest BCUT2D eigenvalue weighted by Crippen LogP contribution is 2.38. The second kappa shape index (κ2) is 9.84. The van der Waals surface area contributed by atoms with Gasteiger partial charge in [0, 0.05) is 22.7 Å². The molecule has 0 N–H and O–H groups in total. The first-order valence-electron chi connectivity index (χ1n) is 11.3. The highest BCUT2D eigenvalue weighted by Gasteiger charge is 2.18. The number of nitrogens with zero attached hydrogens (tertiary/aromatic N) is 2. The Labute approximate surface area is 208 Å². The van der Waals surface area contributed by atoms with Crippen molar-refractivity contribution in [2.24, 2.45) is 0 Å². The van der Waals surface area contributed by atoms with E-state index in [2.05, 4.69) is 0 Å². The minimum absolute atomic E-state index is 0.225. The second-order valence-corrected chi connectivity index (χ2v) is 7.97. The standard InChI is InChI=1S/C29H24N2O5/c1-33-26-16-21(17-27(34-2)29(26)35-3)23(32)14-13-20-18-31(22-10-5-4-6-11-22)30-28(20)25-15-19-9-7-8-12-24(19)36-25/h4-18H,1-3H3. The molecule has 0 saturated carbocycles. The third kappa shape index (κ3) is 4.34. The van der Waals surface area contributed by atoms with Gasteiger partial charge < -0.3 is 18.6 Å². The third-order valence-electron chi connectivity index (χ3n) is 5.79. The van der Waals surface area contributed by atoms with Gasteiger partial charge in [-0.1, -0.05) is 36.4 Å². The van der Waals surface area contributed by atoms with Gasteiger partial charge in [0.15, 0.2) is 23.0 Å². The van der Waals surface area contributed by atoms with Crippen molar-refractivity contribution in [3.8, 4) is 34.4 Å². The smallest absolute Gasteiger partial charge is 0.203 e. The number of fused-ring (bicyclic) bond motifs is 1. The second-order valence-electron chi connectivity index (χ2n) is 7.97. The molecule has 0 saturated heterocycles. The van der Waals surface area contributed by atoms with Crippen LogP contribution in [0, 0.1) is 0 Å². The van der Waals surface area contributed by atoms with Gasteiger partial charge in [0.05, 0.1) is 27.0 Å². The molecular weight excluding hydrogens is 456 g/mol. The van der Waals surface area contributed by atoms with Crippen molar-refractivity contribution in [3.05, 3.63) is 96.2 Å². The number of ketones is 1. The molecule has 2 aromatic heterocycles. The van der Waals surface area contributed by atoms with E-state index in [1.54, 1.807) is 22.9 Å². The molecule has 3 aromatic carbocycles. The molecule has 5 rings (SSSR count). The van der Waals surface area contributed by atoms with Crippen molar-refractivity contribution >= 4 is 22.8 Å². The molecule has 0 spiro atoms. The van der Waals surface area contributed by atoms with E-state index in [0.29, 0.717) is 34.3 Å². The molecule has 7 nitrogen and oxygen atoms in total. The average molecular weight is 481 g/mol.